The maximum Gasteiger partial charge on any atom is 0.230 e. The lowest BCUT2D eigenvalue weighted by Crippen LogP contribution is -2.48. The van der Waals surface area contributed by atoms with Gasteiger partial charge in [-0.2, -0.15) is 11.8 Å². The van der Waals surface area contributed by atoms with Gasteiger partial charge < -0.3 is 10.6 Å². The van der Waals surface area contributed by atoms with Crippen LogP contribution in [0.5, 0.6) is 0 Å². The highest BCUT2D eigenvalue weighted by Crippen LogP contribution is 2.26. The van der Waals surface area contributed by atoms with E-state index in [4.69, 9.17) is 0 Å². The predicted molar refractivity (Wildman–Crippen MR) is 59.5 cm³/mol. The maximum atomic E-state index is 11.4. The Morgan fingerprint density at radius 3 is 2.64 bits per heavy atom. The number of fused-ring (bicyclic) bond motifs is 2. The summed E-state index contributed by atoms with van der Waals surface area (Å²) in [6.45, 7) is 0. The number of thioether (sulfide) groups is 1. The molecule has 2 saturated heterocycles. The fraction of sp³-hybridized carbons (Fsp3) is 0.900. The van der Waals surface area contributed by atoms with Crippen LogP contribution in [0.4, 0.5) is 0 Å². The zero-order valence-electron chi connectivity index (χ0n) is 8.58. The Morgan fingerprint density at radius 1 is 1.43 bits per heavy atom. The van der Waals surface area contributed by atoms with Crippen LogP contribution in [0.3, 0.4) is 0 Å². The molecule has 3 nitrogen and oxygen atoms in total. The van der Waals surface area contributed by atoms with Gasteiger partial charge in [0.15, 0.2) is 0 Å². The van der Waals surface area contributed by atoms with Crippen molar-refractivity contribution in [2.24, 2.45) is 0 Å². The standard InChI is InChI=1S/C10H18N2OS/c1-14-6-10(13)12-9-4-7-2-3-8(5-9)11-7/h7-9,11H,2-6H2,1H3,(H,12,13). The molecule has 2 bridgehead atoms. The van der Waals surface area contributed by atoms with Gasteiger partial charge in [-0.3, -0.25) is 4.79 Å². The molecule has 0 radical (unpaired) electrons. The van der Waals surface area contributed by atoms with Gasteiger partial charge in [-0.1, -0.05) is 0 Å². The molecular weight excluding hydrogens is 196 g/mol. The summed E-state index contributed by atoms with van der Waals surface area (Å²) in [5.74, 6) is 0.794. The van der Waals surface area contributed by atoms with E-state index in [1.165, 1.54) is 12.8 Å². The molecule has 2 rings (SSSR count). The molecular formula is C10H18N2OS. The first-order valence-electron chi connectivity index (χ1n) is 5.32. The third-order valence-corrected chi connectivity index (χ3v) is 3.66. The zero-order chi connectivity index (χ0) is 9.97. The van der Waals surface area contributed by atoms with E-state index < -0.39 is 0 Å². The summed E-state index contributed by atoms with van der Waals surface area (Å²) < 4.78 is 0. The second-order valence-corrected chi connectivity index (χ2v) is 5.17. The first-order valence-corrected chi connectivity index (χ1v) is 6.71. The van der Waals surface area contributed by atoms with Crippen LogP contribution in [0.25, 0.3) is 0 Å². The lowest BCUT2D eigenvalue weighted by Gasteiger charge is -2.29. The van der Waals surface area contributed by atoms with Crippen molar-refractivity contribution in [1.29, 1.82) is 0 Å². The minimum atomic E-state index is 0.198. The highest BCUT2D eigenvalue weighted by molar-refractivity contribution is 7.99. The molecule has 0 aromatic heterocycles. The van der Waals surface area contributed by atoms with Gasteiger partial charge >= 0.3 is 0 Å². The number of hydrogen-bond donors (Lipinski definition) is 2. The second kappa shape index (κ2) is 4.53. The first-order chi connectivity index (χ1) is 6.78. The largest absolute Gasteiger partial charge is 0.353 e. The minimum absolute atomic E-state index is 0.198. The normalized spacial score (nSPS) is 35.6. The molecule has 0 aliphatic carbocycles. The molecule has 2 unspecified atom stereocenters. The summed E-state index contributed by atoms with van der Waals surface area (Å²) in [6, 6.07) is 1.75. The van der Waals surface area contributed by atoms with E-state index >= 15 is 0 Å². The average molecular weight is 214 g/mol. The molecule has 0 saturated carbocycles. The lowest BCUT2D eigenvalue weighted by molar-refractivity contribution is -0.119. The third-order valence-electron chi connectivity index (χ3n) is 3.11. The molecule has 80 valence electrons. The average Bonchev–Trinajstić information content (AvgIpc) is 2.46. The molecule has 2 atom stereocenters. The molecule has 2 N–H and O–H groups in total. The molecule has 2 fully saturated rings. The van der Waals surface area contributed by atoms with Crippen LogP contribution in [0, 0.1) is 0 Å². The number of carbonyl (C=O) groups excluding carboxylic acids is 1. The third kappa shape index (κ3) is 2.42. The summed E-state index contributed by atoms with van der Waals surface area (Å²) in [6.07, 6.45) is 6.79. The second-order valence-electron chi connectivity index (χ2n) is 4.31. The van der Waals surface area contributed by atoms with Crippen LogP contribution in [0.15, 0.2) is 0 Å². The maximum absolute atomic E-state index is 11.4. The quantitative estimate of drug-likeness (QED) is 0.728. The fourth-order valence-electron chi connectivity index (χ4n) is 2.58. The predicted octanol–water partition coefficient (Wildman–Crippen LogP) is 0.749. The SMILES string of the molecule is CSCC(=O)NC1CC2CCC(C1)N2. The van der Waals surface area contributed by atoms with E-state index in [1.54, 1.807) is 11.8 Å². The molecule has 2 heterocycles. The fourth-order valence-corrected chi connectivity index (χ4v) is 2.92. The monoisotopic (exact) mass is 214 g/mol. The van der Waals surface area contributed by atoms with E-state index in [-0.39, 0.29) is 5.91 Å². The smallest absolute Gasteiger partial charge is 0.230 e. The first kappa shape index (κ1) is 10.3. The van der Waals surface area contributed by atoms with Gasteiger partial charge in [0.05, 0.1) is 5.75 Å². The highest BCUT2D eigenvalue weighted by atomic mass is 32.2. The van der Waals surface area contributed by atoms with Gasteiger partial charge in [0.1, 0.15) is 0 Å². The van der Waals surface area contributed by atoms with Crippen molar-refractivity contribution in [3.05, 3.63) is 0 Å². The van der Waals surface area contributed by atoms with Crippen LogP contribution in [-0.2, 0) is 4.79 Å². The number of amides is 1. The van der Waals surface area contributed by atoms with Crippen LogP contribution in [0.2, 0.25) is 0 Å². The van der Waals surface area contributed by atoms with E-state index in [9.17, 15) is 4.79 Å². The molecule has 14 heavy (non-hydrogen) atoms. The Hall–Kier alpha value is -0.220. The van der Waals surface area contributed by atoms with E-state index in [2.05, 4.69) is 10.6 Å². The van der Waals surface area contributed by atoms with Crippen molar-refractivity contribution >= 4 is 17.7 Å². The van der Waals surface area contributed by atoms with E-state index in [1.807, 2.05) is 6.26 Å². The van der Waals surface area contributed by atoms with Gasteiger partial charge in [-0.25, -0.2) is 0 Å². The Bertz CT molecular complexity index is 210. The zero-order valence-corrected chi connectivity index (χ0v) is 9.40. The van der Waals surface area contributed by atoms with Gasteiger partial charge in [-0.15, -0.1) is 0 Å². The topological polar surface area (TPSA) is 41.1 Å². The lowest BCUT2D eigenvalue weighted by atomic mass is 10.00. The van der Waals surface area contributed by atoms with Crippen molar-refractivity contribution in [2.45, 2.75) is 43.8 Å². The number of nitrogens with one attached hydrogen (secondary N) is 2. The number of rotatable bonds is 3. The van der Waals surface area contributed by atoms with Gasteiger partial charge in [0.2, 0.25) is 5.91 Å². The highest BCUT2D eigenvalue weighted by Gasteiger charge is 2.33. The van der Waals surface area contributed by atoms with E-state index in [0.29, 0.717) is 23.9 Å². The number of carbonyl (C=O) groups is 1. The van der Waals surface area contributed by atoms with Crippen molar-refractivity contribution in [2.75, 3.05) is 12.0 Å². The summed E-state index contributed by atoms with van der Waals surface area (Å²) in [7, 11) is 0. The minimum Gasteiger partial charge on any atom is -0.353 e. The number of piperidine rings is 1. The van der Waals surface area contributed by atoms with Crippen molar-refractivity contribution in [3.8, 4) is 0 Å². The number of hydrogen-bond acceptors (Lipinski definition) is 3. The molecule has 0 aromatic carbocycles. The van der Waals surface area contributed by atoms with Crippen LogP contribution in [0.1, 0.15) is 25.7 Å². The molecule has 2 aliphatic heterocycles. The molecule has 2 aliphatic rings. The Kier molecular flexibility index (Phi) is 3.34. The summed E-state index contributed by atoms with van der Waals surface area (Å²) in [5, 5.41) is 6.69. The molecule has 0 spiro atoms. The van der Waals surface area contributed by atoms with Gasteiger partial charge in [-0.05, 0) is 31.9 Å². The van der Waals surface area contributed by atoms with Gasteiger partial charge in [0, 0.05) is 18.1 Å². The molecule has 1 amide bonds. The molecule has 0 aromatic rings. The Balaban J connectivity index is 1.79. The Labute approximate surface area is 89.4 Å². The summed E-state index contributed by atoms with van der Waals surface area (Å²) >= 11 is 1.59. The van der Waals surface area contributed by atoms with Crippen LogP contribution in [-0.4, -0.2) is 36.0 Å². The summed E-state index contributed by atoms with van der Waals surface area (Å²) in [4.78, 5) is 11.4. The van der Waals surface area contributed by atoms with E-state index in [0.717, 1.165) is 12.8 Å². The Morgan fingerprint density at radius 2 is 2.07 bits per heavy atom. The van der Waals surface area contributed by atoms with Crippen molar-refractivity contribution in [3.63, 3.8) is 0 Å². The summed E-state index contributed by atoms with van der Waals surface area (Å²) in [5.41, 5.74) is 0. The van der Waals surface area contributed by atoms with Crippen molar-refractivity contribution < 1.29 is 4.79 Å². The van der Waals surface area contributed by atoms with Gasteiger partial charge in [0.25, 0.3) is 0 Å². The van der Waals surface area contributed by atoms with Crippen LogP contribution < -0.4 is 10.6 Å². The molecule has 4 heteroatoms. The van der Waals surface area contributed by atoms with Crippen molar-refractivity contribution in [1.82, 2.24) is 10.6 Å². The van der Waals surface area contributed by atoms with Crippen LogP contribution >= 0.6 is 11.8 Å².